The van der Waals surface area contributed by atoms with Gasteiger partial charge in [-0.25, -0.2) is 4.79 Å². The van der Waals surface area contributed by atoms with Gasteiger partial charge in [0, 0.05) is 13.0 Å². The van der Waals surface area contributed by atoms with E-state index in [0.29, 0.717) is 13.0 Å². The Labute approximate surface area is 169 Å². The van der Waals surface area contributed by atoms with Crippen LogP contribution in [-0.4, -0.2) is 47.0 Å². The van der Waals surface area contributed by atoms with E-state index in [0.717, 1.165) is 11.1 Å². The van der Waals surface area contributed by atoms with E-state index in [-0.39, 0.29) is 31.3 Å². The van der Waals surface area contributed by atoms with Crippen molar-refractivity contribution in [1.29, 1.82) is 0 Å². The summed E-state index contributed by atoms with van der Waals surface area (Å²) in [6.07, 6.45) is 0.875. The Morgan fingerprint density at radius 2 is 1.72 bits per heavy atom. The number of carbonyl (C=O) groups is 3. The number of rotatable bonds is 9. The molecule has 2 aromatic rings. The van der Waals surface area contributed by atoms with Gasteiger partial charge in [0.25, 0.3) is 5.91 Å². The third kappa shape index (κ3) is 5.42. The van der Waals surface area contributed by atoms with Gasteiger partial charge in [-0.1, -0.05) is 60.7 Å². The van der Waals surface area contributed by atoms with Crippen LogP contribution in [0.3, 0.4) is 0 Å². The van der Waals surface area contributed by atoms with Crippen LogP contribution in [0.5, 0.6) is 0 Å². The van der Waals surface area contributed by atoms with Crippen molar-refractivity contribution in [2.75, 3.05) is 13.2 Å². The van der Waals surface area contributed by atoms with Crippen LogP contribution in [-0.2, 0) is 16.0 Å². The molecule has 3 N–H and O–H groups in total. The number of nitrogens with one attached hydrogen (secondary N) is 2. The fourth-order valence-electron chi connectivity index (χ4n) is 3.33. The predicted octanol–water partition coefficient (Wildman–Crippen LogP) is 1.78. The minimum atomic E-state index is -0.701. The molecular weight excluding hydrogens is 370 g/mol. The second-order valence-electron chi connectivity index (χ2n) is 6.98. The molecule has 2 atom stereocenters. The van der Waals surface area contributed by atoms with Crippen molar-refractivity contribution < 1.29 is 19.5 Å². The summed E-state index contributed by atoms with van der Waals surface area (Å²) in [7, 11) is 0. The van der Waals surface area contributed by atoms with Gasteiger partial charge in [0.15, 0.2) is 0 Å². The lowest BCUT2D eigenvalue weighted by Crippen LogP contribution is -2.35. The molecule has 1 heterocycles. The minimum absolute atomic E-state index is 0.0759. The van der Waals surface area contributed by atoms with E-state index in [2.05, 4.69) is 10.6 Å². The van der Waals surface area contributed by atoms with E-state index < -0.39 is 18.1 Å². The maximum absolute atomic E-state index is 12.5. The van der Waals surface area contributed by atoms with E-state index in [9.17, 15) is 19.5 Å². The van der Waals surface area contributed by atoms with Crippen LogP contribution in [0.2, 0.25) is 0 Å². The van der Waals surface area contributed by atoms with Gasteiger partial charge in [-0.2, -0.15) is 0 Å². The summed E-state index contributed by atoms with van der Waals surface area (Å²) in [6.45, 7) is 0.0834. The van der Waals surface area contributed by atoms with Gasteiger partial charge in [-0.05, 0) is 24.0 Å². The SMILES string of the molecule is O=C(CC[C@H]1NC(=O)N(CCc2ccccc2)C1=O)N[C@H](CO)c1ccccc1. The highest BCUT2D eigenvalue weighted by Crippen LogP contribution is 2.15. The number of aliphatic hydroxyl groups is 1. The number of hydrogen-bond acceptors (Lipinski definition) is 4. The lowest BCUT2D eigenvalue weighted by Gasteiger charge is -2.17. The Balaban J connectivity index is 1.48. The number of imide groups is 1. The Morgan fingerprint density at radius 3 is 2.38 bits per heavy atom. The van der Waals surface area contributed by atoms with E-state index in [1.807, 2.05) is 60.7 Å². The summed E-state index contributed by atoms with van der Waals surface area (Å²) >= 11 is 0. The molecule has 7 nitrogen and oxygen atoms in total. The number of benzene rings is 2. The second kappa shape index (κ2) is 9.84. The fourth-order valence-corrected chi connectivity index (χ4v) is 3.33. The highest BCUT2D eigenvalue weighted by Gasteiger charge is 2.37. The fraction of sp³-hybridized carbons (Fsp3) is 0.318. The molecule has 0 aromatic heterocycles. The van der Waals surface area contributed by atoms with Crippen LogP contribution in [0.25, 0.3) is 0 Å². The Morgan fingerprint density at radius 1 is 1.07 bits per heavy atom. The van der Waals surface area contributed by atoms with Gasteiger partial charge in [0.1, 0.15) is 6.04 Å². The molecule has 1 saturated heterocycles. The molecule has 4 amide bonds. The first-order valence-corrected chi connectivity index (χ1v) is 9.69. The highest BCUT2D eigenvalue weighted by atomic mass is 16.3. The molecule has 0 saturated carbocycles. The van der Waals surface area contributed by atoms with Crippen molar-refractivity contribution in [3.8, 4) is 0 Å². The number of aliphatic hydroxyl groups excluding tert-OH is 1. The molecule has 3 rings (SSSR count). The lowest BCUT2D eigenvalue weighted by atomic mass is 10.1. The van der Waals surface area contributed by atoms with Crippen molar-refractivity contribution in [3.63, 3.8) is 0 Å². The van der Waals surface area contributed by atoms with Crippen LogP contribution >= 0.6 is 0 Å². The number of urea groups is 1. The maximum atomic E-state index is 12.5. The monoisotopic (exact) mass is 395 g/mol. The van der Waals surface area contributed by atoms with Gasteiger partial charge in [0.2, 0.25) is 5.91 Å². The van der Waals surface area contributed by atoms with E-state index in [1.54, 1.807) is 0 Å². The van der Waals surface area contributed by atoms with Gasteiger partial charge >= 0.3 is 6.03 Å². The molecule has 7 heteroatoms. The van der Waals surface area contributed by atoms with Crippen LogP contribution in [0.15, 0.2) is 60.7 Å². The molecular formula is C22H25N3O4. The van der Waals surface area contributed by atoms with Gasteiger partial charge in [-0.3, -0.25) is 14.5 Å². The van der Waals surface area contributed by atoms with E-state index in [4.69, 9.17) is 0 Å². The van der Waals surface area contributed by atoms with Gasteiger partial charge in [0.05, 0.1) is 12.6 Å². The first kappa shape index (κ1) is 20.5. The summed E-state index contributed by atoms with van der Waals surface area (Å²) < 4.78 is 0. The molecule has 0 bridgehead atoms. The van der Waals surface area contributed by atoms with E-state index in [1.165, 1.54) is 4.90 Å². The summed E-state index contributed by atoms with van der Waals surface area (Å²) in [5, 5.41) is 15.0. The van der Waals surface area contributed by atoms with Crippen LogP contribution in [0, 0.1) is 0 Å². The summed E-state index contributed by atoms with van der Waals surface area (Å²) in [5.74, 6) is -0.585. The van der Waals surface area contributed by atoms with Crippen LogP contribution < -0.4 is 10.6 Å². The quantitative estimate of drug-likeness (QED) is 0.564. The van der Waals surface area contributed by atoms with Crippen LogP contribution in [0.1, 0.15) is 30.0 Å². The summed E-state index contributed by atoms with van der Waals surface area (Å²) in [4.78, 5) is 38.1. The third-order valence-corrected chi connectivity index (χ3v) is 4.95. The standard InChI is InChI=1S/C22H25N3O4/c26-15-19(17-9-5-2-6-10-17)23-20(27)12-11-18-21(28)25(22(29)24-18)14-13-16-7-3-1-4-8-16/h1-10,18-19,26H,11-15H2,(H,23,27)(H,24,29)/t18-,19-/m1/s1. The van der Waals surface area contributed by atoms with Gasteiger partial charge in [-0.15, -0.1) is 0 Å². The predicted molar refractivity (Wildman–Crippen MR) is 108 cm³/mol. The smallest absolute Gasteiger partial charge is 0.324 e. The number of carbonyl (C=O) groups excluding carboxylic acids is 3. The molecule has 1 fully saturated rings. The number of nitrogens with zero attached hydrogens (tertiary/aromatic N) is 1. The first-order valence-electron chi connectivity index (χ1n) is 9.69. The van der Waals surface area contributed by atoms with Crippen molar-refractivity contribution in [1.82, 2.24) is 15.5 Å². The average Bonchev–Trinajstić information content (AvgIpc) is 3.03. The molecule has 0 aliphatic carbocycles. The topological polar surface area (TPSA) is 98.7 Å². The maximum Gasteiger partial charge on any atom is 0.324 e. The molecule has 29 heavy (non-hydrogen) atoms. The molecule has 0 radical (unpaired) electrons. The molecule has 0 spiro atoms. The van der Waals surface area contributed by atoms with Crippen molar-refractivity contribution in [2.24, 2.45) is 0 Å². The highest BCUT2D eigenvalue weighted by molar-refractivity contribution is 6.04. The zero-order chi connectivity index (χ0) is 20.6. The Bertz CT molecular complexity index is 842. The average molecular weight is 395 g/mol. The Kier molecular flexibility index (Phi) is 6.97. The summed E-state index contributed by atoms with van der Waals surface area (Å²) in [6, 6.07) is 17.2. The normalized spacial score (nSPS) is 17.1. The Hall–Kier alpha value is -3.19. The largest absolute Gasteiger partial charge is 0.394 e. The molecule has 1 aliphatic rings. The minimum Gasteiger partial charge on any atom is -0.394 e. The van der Waals surface area contributed by atoms with Gasteiger partial charge < -0.3 is 15.7 Å². The molecule has 2 aromatic carbocycles. The number of amides is 4. The summed E-state index contributed by atoms with van der Waals surface area (Å²) in [5.41, 5.74) is 1.85. The lowest BCUT2D eigenvalue weighted by molar-refractivity contribution is -0.127. The van der Waals surface area contributed by atoms with Crippen molar-refractivity contribution in [3.05, 3.63) is 71.8 Å². The van der Waals surface area contributed by atoms with Crippen molar-refractivity contribution in [2.45, 2.75) is 31.3 Å². The zero-order valence-electron chi connectivity index (χ0n) is 16.1. The molecule has 1 aliphatic heterocycles. The molecule has 0 unspecified atom stereocenters. The zero-order valence-corrected chi connectivity index (χ0v) is 16.1. The second-order valence-corrected chi connectivity index (χ2v) is 6.98. The van der Waals surface area contributed by atoms with E-state index >= 15 is 0 Å². The van der Waals surface area contributed by atoms with Crippen molar-refractivity contribution >= 4 is 17.8 Å². The van der Waals surface area contributed by atoms with Crippen LogP contribution in [0.4, 0.5) is 4.79 Å². The third-order valence-electron chi connectivity index (χ3n) is 4.95. The molecule has 152 valence electrons. The number of hydrogen-bond donors (Lipinski definition) is 3. The first-order chi connectivity index (χ1) is 14.1.